The molecule has 24 heavy (non-hydrogen) atoms. The molecule has 0 radical (unpaired) electrons. The van der Waals surface area contributed by atoms with Crippen LogP contribution in [0.1, 0.15) is 32.8 Å². The summed E-state index contributed by atoms with van der Waals surface area (Å²) in [6.07, 6.45) is -3.81. The van der Waals surface area contributed by atoms with Gasteiger partial charge in [0, 0.05) is 13.1 Å². The highest BCUT2D eigenvalue weighted by molar-refractivity contribution is 5.28. The second kappa shape index (κ2) is 7.31. The van der Waals surface area contributed by atoms with Crippen molar-refractivity contribution in [3.8, 4) is 5.75 Å². The van der Waals surface area contributed by atoms with E-state index in [0.29, 0.717) is 13.1 Å². The summed E-state index contributed by atoms with van der Waals surface area (Å²) in [7, 11) is 0. The number of aliphatic hydroxyl groups excluding tert-OH is 1. The second-order valence-corrected chi connectivity index (χ2v) is 7.61. The lowest BCUT2D eigenvalue weighted by atomic mass is 9.73. The molecule has 0 unspecified atom stereocenters. The van der Waals surface area contributed by atoms with Gasteiger partial charge in [-0.3, -0.25) is 4.90 Å². The van der Waals surface area contributed by atoms with E-state index in [4.69, 9.17) is 4.74 Å². The summed E-state index contributed by atoms with van der Waals surface area (Å²) in [6, 6.07) is 6.71. The average molecular weight is 345 g/mol. The first-order valence-electron chi connectivity index (χ1n) is 8.23. The van der Waals surface area contributed by atoms with Gasteiger partial charge in [0.2, 0.25) is 0 Å². The second-order valence-electron chi connectivity index (χ2n) is 7.61. The molecule has 0 saturated carbocycles. The van der Waals surface area contributed by atoms with Crippen molar-refractivity contribution in [3.05, 3.63) is 29.8 Å². The van der Waals surface area contributed by atoms with Gasteiger partial charge in [-0.1, -0.05) is 32.9 Å². The minimum absolute atomic E-state index is 0.0663. The van der Waals surface area contributed by atoms with E-state index in [1.165, 1.54) is 6.07 Å². The molecule has 1 aromatic carbocycles. The van der Waals surface area contributed by atoms with E-state index in [0.717, 1.165) is 18.5 Å². The Kier molecular flexibility index (Phi) is 5.81. The van der Waals surface area contributed by atoms with Gasteiger partial charge in [-0.15, -0.1) is 0 Å². The zero-order chi connectivity index (χ0) is 18.0. The molecule has 1 fully saturated rings. The first kappa shape index (κ1) is 19.1. The number of likely N-dealkylation sites (tertiary alicyclic amines) is 1. The van der Waals surface area contributed by atoms with E-state index in [-0.39, 0.29) is 23.2 Å². The van der Waals surface area contributed by atoms with Crippen molar-refractivity contribution in [1.29, 1.82) is 0 Å². The molecule has 2 atom stereocenters. The van der Waals surface area contributed by atoms with Crippen LogP contribution in [0.4, 0.5) is 13.2 Å². The lowest BCUT2D eigenvalue weighted by Gasteiger charge is -2.42. The zero-order valence-corrected chi connectivity index (χ0v) is 14.4. The van der Waals surface area contributed by atoms with E-state index >= 15 is 0 Å². The van der Waals surface area contributed by atoms with E-state index in [9.17, 15) is 18.3 Å². The summed E-state index contributed by atoms with van der Waals surface area (Å²) in [4.78, 5) is 2.13. The zero-order valence-electron chi connectivity index (χ0n) is 14.4. The maximum atomic E-state index is 12.2. The van der Waals surface area contributed by atoms with Crippen LogP contribution in [0.3, 0.4) is 0 Å². The Hall–Kier alpha value is -1.27. The monoisotopic (exact) mass is 345 g/mol. The number of β-amino-alcohol motifs (C(OH)–C–C–N with tert-alkyl or cyclic N) is 1. The highest BCUT2D eigenvalue weighted by atomic mass is 19.4. The molecule has 3 nitrogen and oxygen atoms in total. The van der Waals surface area contributed by atoms with E-state index in [2.05, 4.69) is 25.7 Å². The molecular weight excluding hydrogens is 319 g/mol. The molecule has 1 aromatic rings. The molecule has 0 aromatic heterocycles. The summed E-state index contributed by atoms with van der Waals surface area (Å²) in [6.45, 7) is 7.17. The Bertz CT molecular complexity index is 540. The lowest BCUT2D eigenvalue weighted by molar-refractivity contribution is -0.153. The molecule has 0 amide bonds. The van der Waals surface area contributed by atoms with Crippen molar-refractivity contribution in [3.63, 3.8) is 0 Å². The van der Waals surface area contributed by atoms with Gasteiger partial charge in [0.25, 0.3) is 0 Å². The van der Waals surface area contributed by atoms with Crippen LogP contribution in [0.25, 0.3) is 0 Å². The van der Waals surface area contributed by atoms with E-state index in [1.807, 2.05) is 6.07 Å². The van der Waals surface area contributed by atoms with Gasteiger partial charge in [0.05, 0.1) is 6.10 Å². The van der Waals surface area contributed by atoms with E-state index in [1.54, 1.807) is 12.1 Å². The fourth-order valence-electron chi connectivity index (χ4n) is 3.31. The van der Waals surface area contributed by atoms with Crippen LogP contribution in [0, 0.1) is 11.3 Å². The van der Waals surface area contributed by atoms with Crippen molar-refractivity contribution < 1.29 is 23.0 Å². The van der Waals surface area contributed by atoms with Gasteiger partial charge in [-0.2, -0.15) is 13.2 Å². The number of ether oxygens (including phenoxy) is 1. The number of benzene rings is 1. The number of alkyl halides is 3. The van der Waals surface area contributed by atoms with Gasteiger partial charge in [0.1, 0.15) is 5.75 Å². The third-order valence-electron chi connectivity index (χ3n) is 4.49. The first-order chi connectivity index (χ1) is 11.0. The molecule has 0 bridgehead atoms. The first-order valence-corrected chi connectivity index (χ1v) is 8.23. The molecule has 136 valence electrons. The molecule has 2 rings (SSSR count). The molecule has 0 aliphatic carbocycles. The predicted octanol–water partition coefficient (Wildman–Crippen LogP) is 3.86. The van der Waals surface area contributed by atoms with Gasteiger partial charge in [-0.05, 0) is 42.0 Å². The van der Waals surface area contributed by atoms with Crippen molar-refractivity contribution in [2.24, 2.45) is 11.3 Å². The fraction of sp³-hybridized carbons (Fsp3) is 0.667. The summed E-state index contributed by atoms with van der Waals surface area (Å²) in [5.74, 6) is 0.477. The Balaban J connectivity index is 1.93. The third-order valence-corrected chi connectivity index (χ3v) is 4.49. The van der Waals surface area contributed by atoms with Crippen LogP contribution in [-0.2, 0) is 6.54 Å². The SMILES string of the molecule is CC(C)(C)[C@H]1CCN(Cc2cccc(OCC(F)(F)F)c2)C[C@@H]1O. The Morgan fingerprint density at radius 2 is 1.96 bits per heavy atom. The van der Waals surface area contributed by atoms with Crippen LogP contribution in [-0.4, -0.2) is 42.0 Å². The van der Waals surface area contributed by atoms with Crippen molar-refractivity contribution >= 4 is 0 Å². The number of hydrogen-bond donors (Lipinski definition) is 1. The average Bonchev–Trinajstić information content (AvgIpc) is 2.43. The Morgan fingerprint density at radius 3 is 2.54 bits per heavy atom. The standard InChI is InChI=1S/C18H26F3NO2/c1-17(2,3)15-7-8-22(11-16(15)23)10-13-5-4-6-14(9-13)24-12-18(19,20)21/h4-6,9,15-16,23H,7-8,10-12H2,1-3H3/t15-,16-/m0/s1. The van der Waals surface area contributed by atoms with Crippen molar-refractivity contribution in [1.82, 2.24) is 4.90 Å². The highest BCUT2D eigenvalue weighted by Gasteiger charge is 2.35. The molecule has 1 N–H and O–H groups in total. The maximum Gasteiger partial charge on any atom is 0.422 e. The summed E-state index contributed by atoms with van der Waals surface area (Å²) < 4.78 is 41.5. The fourth-order valence-corrected chi connectivity index (χ4v) is 3.31. The number of halogens is 3. The van der Waals surface area contributed by atoms with Crippen molar-refractivity contribution in [2.75, 3.05) is 19.7 Å². The minimum Gasteiger partial charge on any atom is -0.484 e. The van der Waals surface area contributed by atoms with Gasteiger partial charge < -0.3 is 9.84 Å². The highest BCUT2D eigenvalue weighted by Crippen LogP contribution is 2.35. The van der Waals surface area contributed by atoms with Gasteiger partial charge >= 0.3 is 6.18 Å². The third kappa shape index (κ3) is 5.67. The Morgan fingerprint density at radius 1 is 1.25 bits per heavy atom. The normalized spacial score (nSPS) is 23.3. The molecule has 6 heteroatoms. The van der Waals surface area contributed by atoms with Crippen LogP contribution in [0.2, 0.25) is 0 Å². The molecule has 1 aliphatic heterocycles. The van der Waals surface area contributed by atoms with Crippen LogP contribution >= 0.6 is 0 Å². The molecule has 0 spiro atoms. The lowest BCUT2D eigenvalue weighted by Crippen LogP contribution is -2.47. The quantitative estimate of drug-likeness (QED) is 0.899. The van der Waals surface area contributed by atoms with Gasteiger partial charge in [-0.25, -0.2) is 0 Å². The summed E-state index contributed by atoms with van der Waals surface area (Å²) >= 11 is 0. The summed E-state index contributed by atoms with van der Waals surface area (Å²) in [5.41, 5.74) is 0.952. The number of nitrogens with zero attached hydrogens (tertiary/aromatic N) is 1. The number of hydrogen-bond acceptors (Lipinski definition) is 3. The van der Waals surface area contributed by atoms with Gasteiger partial charge in [0.15, 0.2) is 6.61 Å². The largest absolute Gasteiger partial charge is 0.484 e. The topological polar surface area (TPSA) is 32.7 Å². The number of rotatable bonds is 4. The Labute approximate surface area is 141 Å². The van der Waals surface area contributed by atoms with Crippen LogP contribution in [0.5, 0.6) is 5.75 Å². The van der Waals surface area contributed by atoms with E-state index < -0.39 is 12.8 Å². The van der Waals surface area contributed by atoms with Crippen molar-refractivity contribution in [2.45, 2.75) is 46.0 Å². The molecular formula is C18H26F3NO2. The maximum absolute atomic E-state index is 12.2. The minimum atomic E-state index is -4.34. The molecule has 1 saturated heterocycles. The smallest absolute Gasteiger partial charge is 0.422 e. The predicted molar refractivity (Wildman–Crippen MR) is 86.8 cm³/mol. The number of aliphatic hydroxyl groups is 1. The summed E-state index contributed by atoms with van der Waals surface area (Å²) in [5, 5.41) is 10.4. The van der Waals surface area contributed by atoms with Crippen LogP contribution < -0.4 is 4.74 Å². The molecule has 1 heterocycles. The van der Waals surface area contributed by atoms with Crippen LogP contribution in [0.15, 0.2) is 24.3 Å². The molecule has 1 aliphatic rings. The number of piperidine rings is 1.